The molecule has 1 aromatic carbocycles. The van der Waals surface area contributed by atoms with Gasteiger partial charge in [-0.2, -0.15) is 0 Å². The summed E-state index contributed by atoms with van der Waals surface area (Å²) in [5, 5.41) is 3.17. The molecule has 2 amide bonds. The molecular weight excluding hydrogens is 390 g/mol. The summed E-state index contributed by atoms with van der Waals surface area (Å²) < 4.78 is 8.00. The van der Waals surface area contributed by atoms with E-state index < -0.39 is 0 Å². The van der Waals surface area contributed by atoms with Gasteiger partial charge in [-0.25, -0.2) is 14.8 Å². The van der Waals surface area contributed by atoms with Crippen molar-refractivity contribution in [2.75, 3.05) is 13.2 Å². The Bertz CT molecular complexity index is 1050. The Kier molecular flexibility index (Phi) is 6.39. The van der Waals surface area contributed by atoms with Crippen molar-refractivity contribution in [1.29, 1.82) is 0 Å². The van der Waals surface area contributed by atoms with Gasteiger partial charge in [0.25, 0.3) is 5.88 Å². The largest absolute Gasteiger partial charge is 0.475 e. The Balaban J connectivity index is 1.74. The van der Waals surface area contributed by atoms with E-state index in [-0.39, 0.29) is 18.1 Å². The third-order valence-corrected chi connectivity index (χ3v) is 5.97. The third kappa shape index (κ3) is 4.65. The van der Waals surface area contributed by atoms with Crippen LogP contribution in [0.4, 0.5) is 4.79 Å². The lowest BCUT2D eigenvalue weighted by Crippen LogP contribution is -2.44. The summed E-state index contributed by atoms with van der Waals surface area (Å²) in [6.07, 6.45) is 9.61. The quantitative estimate of drug-likeness (QED) is 0.611. The number of hydrogen-bond acceptors (Lipinski definition) is 4. The van der Waals surface area contributed by atoms with Crippen LogP contribution in [0.1, 0.15) is 58.1 Å². The predicted octanol–water partition coefficient (Wildman–Crippen LogP) is 4.83. The molecule has 0 fully saturated rings. The zero-order valence-electron chi connectivity index (χ0n) is 18.5. The lowest BCUT2D eigenvalue weighted by atomic mass is 10.0. The number of carbonyl (C=O) groups excluding carboxylic acids is 1. The summed E-state index contributed by atoms with van der Waals surface area (Å²) in [5.41, 5.74) is 3.60. The molecule has 7 nitrogen and oxygen atoms in total. The maximum absolute atomic E-state index is 12.9. The molecule has 2 atom stereocenters. The van der Waals surface area contributed by atoms with Crippen LogP contribution in [0.15, 0.2) is 42.9 Å². The molecule has 1 aliphatic heterocycles. The highest BCUT2D eigenvalue weighted by atomic mass is 16.5. The van der Waals surface area contributed by atoms with Crippen LogP contribution < -0.4 is 10.1 Å². The van der Waals surface area contributed by atoms with Crippen LogP contribution in [0.3, 0.4) is 0 Å². The number of imidazole rings is 1. The van der Waals surface area contributed by atoms with Crippen molar-refractivity contribution in [3.63, 3.8) is 0 Å². The van der Waals surface area contributed by atoms with Gasteiger partial charge in [0.05, 0.1) is 18.3 Å². The normalized spacial score (nSPS) is 20.7. The van der Waals surface area contributed by atoms with Gasteiger partial charge in [-0.05, 0) is 51.7 Å². The molecule has 0 spiro atoms. The average molecular weight is 422 g/mol. The van der Waals surface area contributed by atoms with E-state index in [9.17, 15) is 4.79 Å². The second-order valence-corrected chi connectivity index (χ2v) is 8.23. The van der Waals surface area contributed by atoms with Crippen molar-refractivity contribution in [2.24, 2.45) is 0 Å². The van der Waals surface area contributed by atoms with Crippen LogP contribution in [0.2, 0.25) is 0 Å². The fraction of sp³-hybridized carbons (Fsp3) is 0.458. The van der Waals surface area contributed by atoms with E-state index in [1.54, 1.807) is 6.20 Å². The minimum atomic E-state index is -0.0551. The molecule has 0 saturated carbocycles. The molecular formula is C24H31N5O2. The van der Waals surface area contributed by atoms with Crippen LogP contribution in [0, 0.1) is 0 Å². The van der Waals surface area contributed by atoms with Gasteiger partial charge in [-0.15, -0.1) is 0 Å². The average Bonchev–Trinajstić information content (AvgIpc) is 3.25. The lowest BCUT2D eigenvalue weighted by molar-refractivity contribution is 0.179. The first-order chi connectivity index (χ1) is 15.1. The summed E-state index contributed by atoms with van der Waals surface area (Å²) in [5.74, 6) is 0.561. The predicted molar refractivity (Wildman–Crippen MR) is 121 cm³/mol. The van der Waals surface area contributed by atoms with Crippen LogP contribution in [0.5, 0.6) is 5.88 Å². The Labute approximate surface area is 183 Å². The molecule has 0 saturated heterocycles. The maximum Gasteiger partial charge on any atom is 0.318 e. The van der Waals surface area contributed by atoms with Crippen molar-refractivity contribution < 1.29 is 9.53 Å². The number of benzene rings is 1. The molecule has 2 aromatic heterocycles. The number of amides is 2. The van der Waals surface area contributed by atoms with Crippen molar-refractivity contribution in [2.45, 2.75) is 58.5 Å². The highest BCUT2D eigenvalue weighted by molar-refractivity contribution is 5.75. The summed E-state index contributed by atoms with van der Waals surface area (Å²) in [4.78, 5) is 24.0. The molecule has 1 aliphatic rings. The van der Waals surface area contributed by atoms with Crippen LogP contribution in [-0.4, -0.2) is 44.5 Å². The highest BCUT2D eigenvalue weighted by Crippen LogP contribution is 2.28. The first-order valence-electron chi connectivity index (χ1n) is 11.2. The molecule has 0 aliphatic carbocycles. The summed E-state index contributed by atoms with van der Waals surface area (Å²) in [6.45, 7) is 7.40. The Morgan fingerprint density at radius 2 is 2.10 bits per heavy atom. The van der Waals surface area contributed by atoms with Gasteiger partial charge in [0.1, 0.15) is 0 Å². The Morgan fingerprint density at radius 3 is 2.94 bits per heavy atom. The Morgan fingerprint density at radius 1 is 1.23 bits per heavy atom. The van der Waals surface area contributed by atoms with Crippen molar-refractivity contribution in [3.05, 3.63) is 48.4 Å². The molecule has 164 valence electrons. The number of nitrogens with zero attached hydrogens (tertiary/aromatic N) is 4. The van der Waals surface area contributed by atoms with Gasteiger partial charge < -0.3 is 19.4 Å². The monoisotopic (exact) mass is 421 g/mol. The van der Waals surface area contributed by atoms with Crippen LogP contribution >= 0.6 is 0 Å². The molecule has 3 heterocycles. The number of nitrogens with one attached hydrogen (secondary N) is 1. The van der Waals surface area contributed by atoms with Gasteiger partial charge in [0.15, 0.2) is 0 Å². The summed E-state index contributed by atoms with van der Waals surface area (Å²) in [6, 6.07) is 8.30. The number of carbonyl (C=O) groups is 1. The molecule has 31 heavy (non-hydrogen) atoms. The van der Waals surface area contributed by atoms with Crippen molar-refractivity contribution >= 4 is 11.7 Å². The molecule has 1 unspecified atom stereocenters. The molecule has 4 bridgehead atoms. The lowest BCUT2D eigenvalue weighted by Gasteiger charge is -2.30. The molecule has 3 aromatic rings. The van der Waals surface area contributed by atoms with E-state index in [2.05, 4.69) is 36.3 Å². The van der Waals surface area contributed by atoms with Gasteiger partial charge in [0, 0.05) is 36.7 Å². The minimum absolute atomic E-state index is 0.0131. The van der Waals surface area contributed by atoms with Gasteiger partial charge in [-0.1, -0.05) is 24.6 Å². The number of fused-ring (bicyclic) bond motifs is 7. The smallest absolute Gasteiger partial charge is 0.318 e. The number of rotatable bonds is 1. The number of urea groups is 1. The first-order valence-corrected chi connectivity index (χ1v) is 11.2. The molecule has 1 N–H and O–H groups in total. The number of ether oxygens (including phenoxy) is 1. The van der Waals surface area contributed by atoms with Gasteiger partial charge in [-0.3, -0.25) is 0 Å². The SMILES string of the molecule is CCN1C(=O)NC(C)CCCCCOc2nc(cn3ccnc23)-c2cccc(c2)[C@H]1C. The Hall–Kier alpha value is -3.09. The van der Waals surface area contributed by atoms with E-state index >= 15 is 0 Å². The first kappa shape index (κ1) is 21.2. The van der Waals surface area contributed by atoms with Crippen molar-refractivity contribution in [1.82, 2.24) is 24.6 Å². The summed E-state index contributed by atoms with van der Waals surface area (Å²) in [7, 11) is 0. The van der Waals surface area contributed by atoms with Gasteiger partial charge >= 0.3 is 6.03 Å². The van der Waals surface area contributed by atoms with E-state index in [0.717, 1.165) is 48.2 Å². The van der Waals surface area contributed by atoms with E-state index in [1.807, 2.05) is 40.8 Å². The minimum Gasteiger partial charge on any atom is -0.475 e. The number of hydrogen-bond donors (Lipinski definition) is 1. The fourth-order valence-electron chi connectivity index (χ4n) is 4.13. The van der Waals surface area contributed by atoms with E-state index in [4.69, 9.17) is 9.72 Å². The van der Waals surface area contributed by atoms with Crippen molar-refractivity contribution in [3.8, 4) is 17.1 Å². The second kappa shape index (κ2) is 9.37. The summed E-state index contributed by atoms with van der Waals surface area (Å²) >= 11 is 0. The fourth-order valence-corrected chi connectivity index (χ4v) is 4.13. The molecule has 4 rings (SSSR count). The molecule has 0 radical (unpaired) electrons. The van der Waals surface area contributed by atoms with Crippen LogP contribution in [-0.2, 0) is 0 Å². The highest BCUT2D eigenvalue weighted by Gasteiger charge is 2.22. The zero-order valence-corrected chi connectivity index (χ0v) is 18.5. The maximum atomic E-state index is 12.9. The third-order valence-electron chi connectivity index (χ3n) is 5.97. The number of aromatic nitrogens is 3. The van der Waals surface area contributed by atoms with Crippen LogP contribution in [0.25, 0.3) is 16.9 Å². The van der Waals surface area contributed by atoms with Gasteiger partial charge in [0.2, 0.25) is 5.65 Å². The molecule has 7 heteroatoms. The van der Waals surface area contributed by atoms with E-state index in [0.29, 0.717) is 19.0 Å². The zero-order chi connectivity index (χ0) is 21.8. The standard InChI is InChI=1S/C24H31N5O2/c1-4-29-18(3)19-10-8-11-20(15-19)21-16-28-13-12-25-22(28)23(27-21)31-14-7-5-6-9-17(2)26-24(29)30/h8,10-13,15-18H,4-7,9,14H2,1-3H3,(H,26,30)/t17?,18-/m1/s1. The van der Waals surface area contributed by atoms with E-state index in [1.165, 1.54) is 0 Å². The topological polar surface area (TPSA) is 71.8 Å². The second-order valence-electron chi connectivity index (χ2n) is 8.23.